The molecule has 0 aromatic carbocycles. The van der Waals surface area contributed by atoms with Gasteiger partial charge < -0.3 is 9.84 Å². The van der Waals surface area contributed by atoms with Crippen LogP contribution in [0.15, 0.2) is 11.6 Å². The third-order valence-corrected chi connectivity index (χ3v) is 8.28. The third-order valence-electron chi connectivity index (χ3n) is 8.28. The van der Waals surface area contributed by atoms with Crippen LogP contribution in [0.2, 0.25) is 0 Å². The molecule has 0 amide bonds. The lowest BCUT2D eigenvalue weighted by molar-refractivity contribution is -0.117. The number of ketones is 1. The van der Waals surface area contributed by atoms with Crippen LogP contribution in [0.4, 0.5) is 0 Å². The number of aliphatic hydroxyl groups excluding tert-OH is 1. The maximum atomic E-state index is 11.9. The van der Waals surface area contributed by atoms with Gasteiger partial charge in [0.2, 0.25) is 0 Å². The Hall–Kier alpha value is -0.670. The van der Waals surface area contributed by atoms with Gasteiger partial charge >= 0.3 is 0 Å². The van der Waals surface area contributed by atoms with Crippen LogP contribution in [0.5, 0.6) is 0 Å². The number of carbonyl (C=O) groups excluding carboxylic acids is 1. The molecular formula is C19H26O3. The van der Waals surface area contributed by atoms with E-state index in [1.54, 1.807) is 0 Å². The van der Waals surface area contributed by atoms with E-state index in [9.17, 15) is 9.90 Å². The van der Waals surface area contributed by atoms with Gasteiger partial charge in [0.25, 0.3) is 0 Å². The van der Waals surface area contributed by atoms with Gasteiger partial charge in [0.1, 0.15) is 5.60 Å². The quantitative estimate of drug-likeness (QED) is 0.700. The molecule has 5 rings (SSSR count). The number of hydrogen-bond acceptors (Lipinski definition) is 3. The number of rotatable bonds is 0. The molecule has 0 aromatic heterocycles. The summed E-state index contributed by atoms with van der Waals surface area (Å²) < 4.78 is 6.46. The van der Waals surface area contributed by atoms with E-state index < -0.39 is 0 Å². The molecule has 5 aliphatic rings. The van der Waals surface area contributed by atoms with Gasteiger partial charge in [-0.3, -0.25) is 4.79 Å². The molecule has 3 nitrogen and oxygen atoms in total. The number of hydrogen-bond donors (Lipinski definition) is 1. The molecule has 3 saturated carbocycles. The van der Waals surface area contributed by atoms with Gasteiger partial charge in [0.15, 0.2) is 5.78 Å². The van der Waals surface area contributed by atoms with Gasteiger partial charge in [-0.2, -0.15) is 0 Å². The van der Waals surface area contributed by atoms with Gasteiger partial charge in [-0.15, -0.1) is 0 Å². The first-order chi connectivity index (χ1) is 10.4. The zero-order valence-corrected chi connectivity index (χ0v) is 13.6. The van der Waals surface area contributed by atoms with Crippen LogP contribution in [-0.2, 0) is 9.53 Å². The Morgan fingerprint density at radius 2 is 2.00 bits per heavy atom. The lowest BCUT2D eigenvalue weighted by Gasteiger charge is -2.55. The highest BCUT2D eigenvalue weighted by atomic mass is 16.6. The van der Waals surface area contributed by atoms with E-state index in [1.165, 1.54) is 5.57 Å². The molecule has 0 aromatic rings. The SMILES string of the molecule is CC12CC3OC34C(CCC3=CC(=O)CCC34C)C1CCC2O. The molecule has 120 valence electrons. The van der Waals surface area contributed by atoms with Crippen LogP contribution in [0.25, 0.3) is 0 Å². The fourth-order valence-corrected chi connectivity index (χ4v) is 6.99. The average molecular weight is 302 g/mol. The molecule has 0 bridgehead atoms. The Kier molecular flexibility index (Phi) is 2.41. The normalized spacial score (nSPS) is 59.0. The van der Waals surface area contributed by atoms with Gasteiger partial charge in [0, 0.05) is 11.8 Å². The van der Waals surface area contributed by atoms with Crippen molar-refractivity contribution in [2.24, 2.45) is 22.7 Å². The van der Waals surface area contributed by atoms with E-state index >= 15 is 0 Å². The fraction of sp³-hybridized carbons (Fsp3) is 0.842. The molecule has 7 unspecified atom stereocenters. The molecule has 1 saturated heterocycles. The zero-order chi connectivity index (χ0) is 15.3. The first-order valence-electron chi connectivity index (χ1n) is 9.01. The predicted molar refractivity (Wildman–Crippen MR) is 82.2 cm³/mol. The minimum absolute atomic E-state index is 0.0218. The smallest absolute Gasteiger partial charge is 0.155 e. The van der Waals surface area contributed by atoms with Gasteiger partial charge in [-0.1, -0.05) is 19.4 Å². The minimum atomic E-state index is -0.155. The standard InChI is InChI=1S/C19H26O3/c1-17-10-16-19(22-16)14(13(17)5-6-15(17)21)4-3-11-9-12(20)7-8-18(11,19)2/h9,13-16,21H,3-8,10H2,1-2H3. The Balaban J connectivity index is 1.60. The summed E-state index contributed by atoms with van der Waals surface area (Å²) in [7, 11) is 0. The van der Waals surface area contributed by atoms with E-state index in [2.05, 4.69) is 13.8 Å². The molecule has 1 N–H and O–H groups in total. The highest BCUT2D eigenvalue weighted by Gasteiger charge is 2.78. The van der Waals surface area contributed by atoms with Crippen LogP contribution in [0.1, 0.15) is 58.8 Å². The summed E-state index contributed by atoms with van der Waals surface area (Å²) in [6.45, 7) is 4.64. The van der Waals surface area contributed by atoms with Crippen LogP contribution in [-0.4, -0.2) is 28.7 Å². The first kappa shape index (κ1) is 13.7. The van der Waals surface area contributed by atoms with Crippen molar-refractivity contribution in [2.45, 2.75) is 76.6 Å². The van der Waals surface area contributed by atoms with E-state index in [4.69, 9.17) is 4.74 Å². The number of aliphatic hydroxyl groups is 1. The van der Waals surface area contributed by atoms with Crippen molar-refractivity contribution in [3.8, 4) is 0 Å². The van der Waals surface area contributed by atoms with E-state index in [0.29, 0.717) is 30.1 Å². The molecule has 22 heavy (non-hydrogen) atoms. The molecule has 1 aliphatic heterocycles. The summed E-state index contributed by atoms with van der Waals surface area (Å²) in [5.74, 6) is 1.47. The lowest BCUT2D eigenvalue weighted by Crippen LogP contribution is -2.57. The summed E-state index contributed by atoms with van der Waals surface area (Å²) in [6, 6.07) is 0. The summed E-state index contributed by atoms with van der Waals surface area (Å²) in [4.78, 5) is 11.9. The van der Waals surface area contributed by atoms with Crippen molar-refractivity contribution in [1.29, 1.82) is 0 Å². The Morgan fingerprint density at radius 1 is 1.18 bits per heavy atom. The van der Waals surface area contributed by atoms with E-state index in [-0.39, 0.29) is 22.5 Å². The van der Waals surface area contributed by atoms with Gasteiger partial charge in [-0.25, -0.2) is 0 Å². The van der Waals surface area contributed by atoms with E-state index in [1.807, 2.05) is 6.08 Å². The Bertz CT molecular complexity index is 595. The topological polar surface area (TPSA) is 49.8 Å². The highest BCUT2D eigenvalue weighted by Crippen LogP contribution is 2.74. The molecular weight excluding hydrogens is 276 g/mol. The lowest BCUT2D eigenvalue weighted by atomic mass is 9.47. The summed E-state index contributed by atoms with van der Waals surface area (Å²) in [5, 5.41) is 10.5. The summed E-state index contributed by atoms with van der Waals surface area (Å²) in [5.41, 5.74) is 1.44. The Labute approximate surface area is 132 Å². The summed E-state index contributed by atoms with van der Waals surface area (Å²) >= 11 is 0. The maximum absolute atomic E-state index is 11.9. The number of epoxide rings is 1. The monoisotopic (exact) mass is 302 g/mol. The van der Waals surface area contributed by atoms with Crippen molar-refractivity contribution in [2.75, 3.05) is 0 Å². The second-order valence-corrected chi connectivity index (χ2v) is 8.92. The van der Waals surface area contributed by atoms with Crippen molar-refractivity contribution in [3.05, 3.63) is 11.6 Å². The fourth-order valence-electron chi connectivity index (χ4n) is 6.99. The molecule has 1 heterocycles. The molecule has 7 atom stereocenters. The van der Waals surface area contributed by atoms with Crippen molar-refractivity contribution in [1.82, 2.24) is 0 Å². The van der Waals surface area contributed by atoms with Crippen molar-refractivity contribution in [3.63, 3.8) is 0 Å². The molecule has 0 radical (unpaired) electrons. The molecule has 4 fully saturated rings. The minimum Gasteiger partial charge on any atom is -0.393 e. The summed E-state index contributed by atoms with van der Waals surface area (Å²) in [6.07, 6.45) is 9.01. The van der Waals surface area contributed by atoms with Crippen LogP contribution in [0, 0.1) is 22.7 Å². The first-order valence-corrected chi connectivity index (χ1v) is 9.01. The zero-order valence-electron chi connectivity index (χ0n) is 13.6. The molecule has 1 spiro atoms. The maximum Gasteiger partial charge on any atom is 0.155 e. The average Bonchev–Trinajstić information content (AvgIpc) is 3.12. The van der Waals surface area contributed by atoms with Gasteiger partial charge in [0.05, 0.1) is 12.2 Å². The van der Waals surface area contributed by atoms with Crippen LogP contribution >= 0.6 is 0 Å². The van der Waals surface area contributed by atoms with Crippen LogP contribution in [0.3, 0.4) is 0 Å². The number of carbonyl (C=O) groups is 1. The Morgan fingerprint density at radius 3 is 2.82 bits per heavy atom. The molecule has 4 aliphatic carbocycles. The predicted octanol–water partition coefficient (Wildman–Crippen LogP) is 3.01. The van der Waals surface area contributed by atoms with Gasteiger partial charge in [-0.05, 0) is 61.9 Å². The van der Waals surface area contributed by atoms with Crippen molar-refractivity contribution >= 4 is 5.78 Å². The highest BCUT2D eigenvalue weighted by molar-refractivity contribution is 5.91. The largest absolute Gasteiger partial charge is 0.393 e. The number of ether oxygens (including phenoxy) is 1. The van der Waals surface area contributed by atoms with Crippen LogP contribution < -0.4 is 0 Å². The second-order valence-electron chi connectivity index (χ2n) is 8.92. The molecule has 3 heteroatoms. The van der Waals surface area contributed by atoms with Crippen molar-refractivity contribution < 1.29 is 14.6 Å². The van der Waals surface area contributed by atoms with E-state index in [0.717, 1.165) is 38.5 Å². The number of fused-ring (bicyclic) bond motifs is 3. The second kappa shape index (κ2) is 3.87. The third kappa shape index (κ3) is 1.31.